The Hall–Kier alpha value is -1.53. The lowest BCUT2D eigenvalue weighted by molar-refractivity contribution is -0.213. The monoisotopic (exact) mass is 500 g/mol. The normalized spacial score (nSPS) is 56.4. The summed E-state index contributed by atoms with van der Waals surface area (Å²) in [4.78, 5) is 39.2. The van der Waals surface area contributed by atoms with Crippen LogP contribution in [-0.4, -0.2) is 45.1 Å². The van der Waals surface area contributed by atoms with Gasteiger partial charge in [0.15, 0.2) is 0 Å². The molecule has 0 aromatic rings. The Bertz CT molecular complexity index is 1050. The van der Waals surface area contributed by atoms with Crippen molar-refractivity contribution >= 4 is 18.0 Å². The van der Waals surface area contributed by atoms with Crippen molar-refractivity contribution in [1.29, 1.82) is 0 Å². The Kier molecular flexibility index (Phi) is 5.46. The molecule has 6 heteroatoms. The molecule has 0 bridgehead atoms. The van der Waals surface area contributed by atoms with E-state index in [0.717, 1.165) is 11.9 Å². The van der Waals surface area contributed by atoms with Crippen molar-refractivity contribution in [3.05, 3.63) is 11.6 Å². The smallest absolute Gasteiger partial charge is 0.310 e. The number of carboxylic acids is 1. The molecule has 200 valence electrons. The average molecular weight is 501 g/mol. The highest BCUT2D eigenvalue weighted by Gasteiger charge is 2.73. The van der Waals surface area contributed by atoms with Crippen LogP contribution in [0.1, 0.15) is 92.9 Å². The van der Waals surface area contributed by atoms with Crippen molar-refractivity contribution in [2.75, 3.05) is 0 Å². The molecule has 5 rings (SSSR count). The van der Waals surface area contributed by atoms with Gasteiger partial charge in [0.1, 0.15) is 12.1 Å². The van der Waals surface area contributed by atoms with Crippen LogP contribution >= 0.6 is 0 Å². The number of hydrogen-bond acceptors (Lipinski definition) is 5. The first-order valence-corrected chi connectivity index (χ1v) is 13.9. The number of Topliss-reactive ketones (excluding diaryl/α,β-unsaturated/α-hetero) is 1. The second-order valence-electron chi connectivity index (χ2n) is 14.4. The van der Waals surface area contributed by atoms with E-state index in [1.54, 1.807) is 6.92 Å². The van der Waals surface area contributed by atoms with E-state index in [9.17, 15) is 29.7 Å². The van der Waals surface area contributed by atoms with Crippen LogP contribution in [0.2, 0.25) is 0 Å². The number of hydrogen-bond donors (Lipinski definition) is 3. The number of carbonyl (C=O) groups excluding carboxylic acids is 2. The summed E-state index contributed by atoms with van der Waals surface area (Å²) in [5.41, 5.74) is -3.48. The van der Waals surface area contributed by atoms with Gasteiger partial charge in [-0.2, -0.15) is 0 Å². The number of allylic oxidation sites excluding steroid dienone is 1. The fourth-order valence-corrected chi connectivity index (χ4v) is 10.6. The minimum absolute atomic E-state index is 0.0215. The van der Waals surface area contributed by atoms with E-state index in [2.05, 4.69) is 26.8 Å². The van der Waals surface area contributed by atoms with Gasteiger partial charge in [0.2, 0.25) is 0 Å². The summed E-state index contributed by atoms with van der Waals surface area (Å²) in [6.45, 7) is 12.2. The van der Waals surface area contributed by atoms with E-state index in [1.807, 2.05) is 13.8 Å². The van der Waals surface area contributed by atoms with Gasteiger partial charge >= 0.3 is 5.97 Å². The van der Waals surface area contributed by atoms with Gasteiger partial charge < -0.3 is 20.1 Å². The summed E-state index contributed by atoms with van der Waals surface area (Å²) in [5, 5.41) is 33.2. The van der Waals surface area contributed by atoms with Crippen LogP contribution in [0.15, 0.2) is 11.6 Å². The highest BCUT2D eigenvalue weighted by atomic mass is 16.4. The maximum atomic E-state index is 14.0. The predicted octanol–water partition coefficient (Wildman–Crippen LogP) is 4.56. The summed E-state index contributed by atoms with van der Waals surface area (Å²) >= 11 is 0. The minimum Gasteiger partial charge on any atom is -0.481 e. The van der Waals surface area contributed by atoms with Gasteiger partial charge in [0.05, 0.1) is 22.5 Å². The summed E-state index contributed by atoms with van der Waals surface area (Å²) in [6.07, 6.45) is 6.81. The molecule has 5 aliphatic rings. The van der Waals surface area contributed by atoms with E-state index in [1.165, 1.54) is 0 Å². The van der Waals surface area contributed by atoms with E-state index >= 15 is 0 Å². The van der Waals surface area contributed by atoms with Crippen LogP contribution < -0.4 is 0 Å². The summed E-state index contributed by atoms with van der Waals surface area (Å²) in [7, 11) is 0. The molecular weight excluding hydrogens is 456 g/mol. The predicted molar refractivity (Wildman–Crippen MR) is 135 cm³/mol. The molecule has 0 spiro atoms. The van der Waals surface area contributed by atoms with Gasteiger partial charge in [-0.15, -0.1) is 0 Å². The van der Waals surface area contributed by atoms with Gasteiger partial charge in [-0.05, 0) is 86.9 Å². The van der Waals surface area contributed by atoms with Crippen LogP contribution in [-0.2, 0) is 14.4 Å². The summed E-state index contributed by atoms with van der Waals surface area (Å²) in [5.74, 6) is -1.68. The molecule has 36 heavy (non-hydrogen) atoms. The van der Waals surface area contributed by atoms with Crippen LogP contribution in [0.5, 0.6) is 0 Å². The maximum absolute atomic E-state index is 14.0. The lowest BCUT2D eigenvalue weighted by Crippen LogP contribution is -2.69. The summed E-state index contributed by atoms with van der Waals surface area (Å²) < 4.78 is 0. The highest BCUT2D eigenvalue weighted by molar-refractivity contribution is 5.88. The zero-order valence-electron chi connectivity index (χ0n) is 22.8. The maximum Gasteiger partial charge on any atom is 0.310 e. The fourth-order valence-electron chi connectivity index (χ4n) is 10.6. The number of rotatable bonds is 2. The molecule has 0 saturated heterocycles. The van der Waals surface area contributed by atoms with Gasteiger partial charge in [-0.25, -0.2) is 0 Å². The average Bonchev–Trinajstić information content (AvgIpc) is 2.79. The minimum atomic E-state index is -1.15. The van der Waals surface area contributed by atoms with E-state index in [-0.39, 0.29) is 17.6 Å². The molecular formula is C30H44O6. The molecule has 11 atom stereocenters. The molecule has 3 N–H and O–H groups in total. The first-order chi connectivity index (χ1) is 16.6. The molecule has 5 aliphatic carbocycles. The Labute approximate surface area is 214 Å². The SMILES string of the molecule is CC1CC[C@]2(C(=O)O)CC[C@]3(C)C(=CCC4[C@@]5(C)CCC(O)[C@@](C)(C=O)C5C(=O)C[C@]43C)C2[C@]1(C)O. The van der Waals surface area contributed by atoms with Gasteiger partial charge in [0.25, 0.3) is 0 Å². The van der Waals surface area contributed by atoms with Crippen molar-refractivity contribution in [3.8, 4) is 0 Å². The number of aliphatic hydroxyl groups is 2. The molecule has 0 heterocycles. The number of carboxylic acid groups (broad SMARTS) is 1. The summed E-state index contributed by atoms with van der Waals surface area (Å²) in [6, 6.07) is 0. The van der Waals surface area contributed by atoms with E-state index < -0.39 is 56.6 Å². The van der Waals surface area contributed by atoms with Crippen molar-refractivity contribution in [2.24, 2.45) is 50.7 Å². The Morgan fingerprint density at radius 1 is 1.03 bits per heavy atom. The van der Waals surface area contributed by atoms with Crippen LogP contribution in [0.25, 0.3) is 0 Å². The molecule has 0 aliphatic heterocycles. The van der Waals surface area contributed by atoms with Gasteiger partial charge in [0, 0.05) is 18.3 Å². The van der Waals surface area contributed by atoms with Crippen molar-refractivity contribution in [2.45, 2.75) is 105 Å². The second kappa shape index (κ2) is 7.53. The third-order valence-corrected chi connectivity index (χ3v) is 13.1. The number of aliphatic hydroxyl groups excluding tert-OH is 1. The standard InChI is InChI=1S/C30H44O6/c1-17-9-12-30(24(34)35)14-13-27(4)18(22(30)29(17,6)36)7-8-20-25(2)11-10-21(33)26(3,16-31)23(25)19(32)15-28(20,27)5/h7,16-17,20-23,33,36H,8-15H2,1-6H3,(H,34,35)/t17?,20?,21?,22?,23?,25-,26-,27-,28-,29-,30+/m1/s1. The Morgan fingerprint density at radius 2 is 1.69 bits per heavy atom. The third-order valence-electron chi connectivity index (χ3n) is 13.1. The third kappa shape index (κ3) is 2.78. The lowest BCUT2D eigenvalue weighted by Gasteiger charge is -2.70. The number of fused-ring (bicyclic) bond motifs is 7. The molecule has 0 amide bonds. The fraction of sp³-hybridized carbons (Fsp3) is 0.833. The van der Waals surface area contributed by atoms with Crippen LogP contribution in [0.4, 0.5) is 0 Å². The number of aldehydes is 1. The molecule has 4 fully saturated rings. The van der Waals surface area contributed by atoms with E-state index in [4.69, 9.17) is 0 Å². The lowest BCUT2D eigenvalue weighted by atomic mass is 9.33. The quantitative estimate of drug-likeness (QED) is 0.378. The second-order valence-corrected chi connectivity index (χ2v) is 14.4. The van der Waals surface area contributed by atoms with Crippen LogP contribution in [0, 0.1) is 50.7 Å². The first kappa shape index (κ1) is 26.1. The molecule has 5 unspecified atom stereocenters. The molecule has 4 saturated carbocycles. The zero-order chi connectivity index (χ0) is 26.7. The van der Waals surface area contributed by atoms with Gasteiger partial charge in [-0.1, -0.05) is 39.3 Å². The molecule has 0 radical (unpaired) electrons. The first-order valence-electron chi connectivity index (χ1n) is 13.9. The van der Waals surface area contributed by atoms with Crippen molar-refractivity contribution in [1.82, 2.24) is 0 Å². The molecule has 6 nitrogen and oxygen atoms in total. The van der Waals surface area contributed by atoms with Crippen molar-refractivity contribution in [3.63, 3.8) is 0 Å². The Balaban J connectivity index is 1.68. The number of aliphatic carboxylic acids is 1. The number of ketones is 1. The zero-order valence-corrected chi connectivity index (χ0v) is 22.8. The topological polar surface area (TPSA) is 112 Å². The van der Waals surface area contributed by atoms with Crippen LogP contribution in [0.3, 0.4) is 0 Å². The van der Waals surface area contributed by atoms with Gasteiger partial charge in [-0.3, -0.25) is 9.59 Å². The largest absolute Gasteiger partial charge is 0.481 e. The Morgan fingerprint density at radius 3 is 2.31 bits per heavy atom. The highest BCUT2D eigenvalue weighted by Crippen LogP contribution is 2.75. The molecule has 0 aromatic carbocycles. The van der Waals surface area contributed by atoms with E-state index in [0.29, 0.717) is 51.4 Å². The molecule has 0 aromatic heterocycles. The van der Waals surface area contributed by atoms with Crippen molar-refractivity contribution < 1.29 is 29.7 Å². The number of carbonyl (C=O) groups is 3.